The van der Waals surface area contributed by atoms with Crippen LogP contribution in [0.15, 0.2) is 24.3 Å². The Bertz CT molecular complexity index is 611. The van der Waals surface area contributed by atoms with Crippen LogP contribution < -0.4 is 0 Å². The summed E-state index contributed by atoms with van der Waals surface area (Å²) in [5, 5.41) is 28.9. The molecular formula is C13H16NO7P. The van der Waals surface area contributed by atoms with Gasteiger partial charge in [0.05, 0.1) is 24.3 Å². The Balaban J connectivity index is 2.04. The number of hydrogen-bond donors (Lipinski definition) is 4. The van der Waals surface area contributed by atoms with Gasteiger partial charge in [-0.15, -0.1) is 0 Å². The number of aliphatic hydroxyl groups is 2. The summed E-state index contributed by atoms with van der Waals surface area (Å²) in [5.41, 5.74) is 1.08. The van der Waals surface area contributed by atoms with Crippen molar-refractivity contribution in [3.63, 3.8) is 0 Å². The zero-order chi connectivity index (χ0) is 16.3. The van der Waals surface area contributed by atoms with Crippen LogP contribution in [0.5, 0.6) is 0 Å². The molecular weight excluding hydrogens is 313 g/mol. The second-order valence-electron chi connectivity index (χ2n) is 4.95. The zero-order valence-corrected chi connectivity index (χ0v) is 12.3. The maximum atomic E-state index is 10.7. The fourth-order valence-electron chi connectivity index (χ4n) is 2.33. The third-order valence-electron chi connectivity index (χ3n) is 3.43. The number of phosphoric acid groups is 1. The average molecular weight is 329 g/mol. The minimum atomic E-state index is -4.68. The molecule has 0 aromatic heterocycles. The van der Waals surface area contributed by atoms with E-state index in [1.54, 1.807) is 24.3 Å². The summed E-state index contributed by atoms with van der Waals surface area (Å²) in [6.45, 7) is -0.543. The summed E-state index contributed by atoms with van der Waals surface area (Å²) >= 11 is 0. The van der Waals surface area contributed by atoms with Gasteiger partial charge in [0.1, 0.15) is 18.3 Å². The number of nitriles is 1. The third-order valence-corrected chi connectivity index (χ3v) is 3.91. The molecule has 4 atom stereocenters. The van der Waals surface area contributed by atoms with Crippen molar-refractivity contribution >= 4 is 7.82 Å². The van der Waals surface area contributed by atoms with Crippen LogP contribution in [0, 0.1) is 11.3 Å². The standard InChI is InChI=1S/C13H16NO7P/c14-6-9-4-2-1-3-8(9)5-10-12(15)13(16)11(21-10)7-20-22(17,18)19/h1-4,10-13,15-16H,5,7H2,(H2,17,18,19)/t10-,11+,12-,13+/m0/s1. The van der Waals surface area contributed by atoms with Crippen molar-refractivity contribution in [1.82, 2.24) is 0 Å². The van der Waals surface area contributed by atoms with Crippen molar-refractivity contribution in [2.45, 2.75) is 30.8 Å². The predicted octanol–water partition coefficient (Wildman–Crippen LogP) is -0.301. The number of hydrogen-bond acceptors (Lipinski definition) is 6. The number of ether oxygens (including phenoxy) is 1. The summed E-state index contributed by atoms with van der Waals surface area (Å²) in [7, 11) is -4.68. The molecule has 1 aliphatic heterocycles. The Hall–Kier alpha value is -1.30. The highest BCUT2D eigenvalue weighted by Crippen LogP contribution is 2.37. The fraction of sp³-hybridized carbons (Fsp3) is 0.462. The fourth-order valence-corrected chi connectivity index (χ4v) is 2.67. The molecule has 1 heterocycles. The van der Waals surface area contributed by atoms with Crippen LogP contribution in [0.2, 0.25) is 0 Å². The smallest absolute Gasteiger partial charge is 0.388 e. The summed E-state index contributed by atoms with van der Waals surface area (Å²) < 4.78 is 20.4. The van der Waals surface area contributed by atoms with Gasteiger partial charge in [-0.1, -0.05) is 18.2 Å². The van der Waals surface area contributed by atoms with Gasteiger partial charge in [0, 0.05) is 6.42 Å². The van der Waals surface area contributed by atoms with Crippen LogP contribution in [0.1, 0.15) is 11.1 Å². The Morgan fingerprint density at radius 2 is 1.86 bits per heavy atom. The van der Waals surface area contributed by atoms with Crippen molar-refractivity contribution in [3.05, 3.63) is 35.4 Å². The summed E-state index contributed by atoms with van der Waals surface area (Å²) in [6, 6.07) is 8.81. The van der Waals surface area contributed by atoms with Gasteiger partial charge < -0.3 is 24.7 Å². The monoisotopic (exact) mass is 329 g/mol. The second kappa shape index (κ2) is 6.86. The van der Waals surface area contributed by atoms with E-state index in [0.29, 0.717) is 11.1 Å². The van der Waals surface area contributed by atoms with Crippen LogP contribution in [-0.2, 0) is 20.2 Å². The Labute approximate surface area is 126 Å². The minimum Gasteiger partial charge on any atom is -0.388 e. The van der Waals surface area contributed by atoms with Crippen LogP contribution in [0.4, 0.5) is 0 Å². The number of phosphoric ester groups is 1. The van der Waals surface area contributed by atoms with Crippen molar-refractivity contribution in [1.29, 1.82) is 5.26 Å². The third kappa shape index (κ3) is 4.12. The molecule has 0 saturated carbocycles. The van der Waals surface area contributed by atoms with Gasteiger partial charge in [-0.05, 0) is 11.6 Å². The van der Waals surface area contributed by atoms with Gasteiger partial charge in [0.15, 0.2) is 0 Å². The highest BCUT2D eigenvalue weighted by molar-refractivity contribution is 7.46. The number of rotatable bonds is 5. The SMILES string of the molecule is N#Cc1ccccc1C[C@@H]1O[C@H](COP(=O)(O)O)[C@@H](O)[C@H]1O. The average Bonchev–Trinajstić information content (AvgIpc) is 2.73. The maximum absolute atomic E-state index is 10.7. The van der Waals surface area contributed by atoms with Crippen molar-refractivity contribution < 1.29 is 33.8 Å². The first kappa shape index (κ1) is 17.1. The Morgan fingerprint density at radius 3 is 2.50 bits per heavy atom. The first-order valence-electron chi connectivity index (χ1n) is 6.51. The molecule has 4 N–H and O–H groups in total. The van der Waals surface area contributed by atoms with E-state index >= 15 is 0 Å². The van der Waals surface area contributed by atoms with Gasteiger partial charge in [-0.25, -0.2) is 4.57 Å². The largest absolute Gasteiger partial charge is 0.469 e. The van der Waals surface area contributed by atoms with E-state index in [0.717, 1.165) is 0 Å². The lowest BCUT2D eigenvalue weighted by molar-refractivity contribution is -0.0212. The highest BCUT2D eigenvalue weighted by Gasteiger charge is 2.43. The van der Waals surface area contributed by atoms with Gasteiger partial charge in [0.2, 0.25) is 0 Å². The van der Waals surface area contributed by atoms with Crippen LogP contribution in [0.25, 0.3) is 0 Å². The lowest BCUT2D eigenvalue weighted by Gasteiger charge is -2.15. The highest BCUT2D eigenvalue weighted by atomic mass is 31.2. The van der Waals surface area contributed by atoms with Gasteiger partial charge in [0.25, 0.3) is 0 Å². The topological polar surface area (TPSA) is 140 Å². The molecule has 1 aromatic carbocycles. The number of benzene rings is 1. The van der Waals surface area contributed by atoms with E-state index in [2.05, 4.69) is 4.52 Å². The van der Waals surface area contributed by atoms with Crippen molar-refractivity contribution in [3.8, 4) is 6.07 Å². The molecule has 0 aliphatic carbocycles. The molecule has 0 amide bonds. The normalized spacial score (nSPS) is 28.5. The molecule has 9 heteroatoms. The molecule has 22 heavy (non-hydrogen) atoms. The molecule has 0 spiro atoms. The Morgan fingerprint density at radius 1 is 1.23 bits per heavy atom. The van der Waals surface area contributed by atoms with Crippen LogP contribution >= 0.6 is 7.82 Å². The molecule has 0 bridgehead atoms. The number of aliphatic hydroxyl groups excluding tert-OH is 2. The van der Waals surface area contributed by atoms with E-state index in [4.69, 9.17) is 19.8 Å². The van der Waals surface area contributed by atoms with Crippen molar-refractivity contribution in [2.75, 3.05) is 6.61 Å². The van der Waals surface area contributed by atoms with E-state index in [1.165, 1.54) is 0 Å². The molecule has 120 valence electrons. The van der Waals surface area contributed by atoms with Crippen LogP contribution in [0.3, 0.4) is 0 Å². The lowest BCUT2D eigenvalue weighted by Crippen LogP contribution is -2.34. The first-order valence-corrected chi connectivity index (χ1v) is 8.04. The minimum absolute atomic E-state index is 0.189. The number of nitrogens with zero attached hydrogens (tertiary/aromatic N) is 1. The Kier molecular flexibility index (Phi) is 5.32. The van der Waals surface area contributed by atoms with Gasteiger partial charge in [-0.3, -0.25) is 4.52 Å². The summed E-state index contributed by atoms with van der Waals surface area (Å²) in [5.74, 6) is 0. The zero-order valence-electron chi connectivity index (χ0n) is 11.4. The molecule has 0 radical (unpaired) electrons. The molecule has 1 aromatic rings. The van der Waals surface area contributed by atoms with E-state index in [-0.39, 0.29) is 6.42 Å². The molecule has 1 fully saturated rings. The summed E-state index contributed by atoms with van der Waals surface area (Å²) in [6.07, 6.45) is -4.23. The predicted molar refractivity (Wildman–Crippen MR) is 73.5 cm³/mol. The van der Waals surface area contributed by atoms with Crippen LogP contribution in [-0.4, -0.2) is 51.0 Å². The van der Waals surface area contributed by atoms with E-state index < -0.39 is 38.8 Å². The first-order chi connectivity index (χ1) is 10.3. The summed E-state index contributed by atoms with van der Waals surface area (Å²) in [4.78, 5) is 17.3. The molecule has 8 nitrogen and oxygen atoms in total. The molecule has 0 unspecified atom stereocenters. The van der Waals surface area contributed by atoms with Gasteiger partial charge in [-0.2, -0.15) is 5.26 Å². The molecule has 1 saturated heterocycles. The quantitative estimate of drug-likeness (QED) is 0.540. The molecule has 1 aliphatic rings. The van der Waals surface area contributed by atoms with E-state index in [9.17, 15) is 14.8 Å². The maximum Gasteiger partial charge on any atom is 0.469 e. The lowest BCUT2D eigenvalue weighted by atomic mass is 9.98. The molecule has 2 rings (SSSR count). The van der Waals surface area contributed by atoms with Crippen molar-refractivity contribution in [2.24, 2.45) is 0 Å². The van der Waals surface area contributed by atoms with Gasteiger partial charge >= 0.3 is 7.82 Å². The second-order valence-corrected chi connectivity index (χ2v) is 6.19. The van der Waals surface area contributed by atoms with E-state index in [1.807, 2.05) is 6.07 Å².